The number of methoxy groups -OCH3 is 1. The van der Waals surface area contributed by atoms with Gasteiger partial charge in [0.05, 0.1) is 12.3 Å². The number of aryl methyl sites for hydroxylation is 1. The van der Waals surface area contributed by atoms with Crippen LogP contribution in [0.2, 0.25) is 0 Å². The second-order valence-corrected chi connectivity index (χ2v) is 2.21. The summed E-state index contributed by atoms with van der Waals surface area (Å²) in [7, 11) is 1.66. The van der Waals surface area contributed by atoms with E-state index in [0.717, 1.165) is 12.2 Å². The van der Waals surface area contributed by atoms with Gasteiger partial charge in [0.25, 0.3) is 6.01 Å². The van der Waals surface area contributed by atoms with Crippen LogP contribution in [0.4, 0.5) is 6.01 Å². The van der Waals surface area contributed by atoms with Gasteiger partial charge in [0, 0.05) is 13.7 Å². The Labute approximate surface area is 65.6 Å². The third kappa shape index (κ3) is 2.59. The Morgan fingerprint density at radius 1 is 1.73 bits per heavy atom. The van der Waals surface area contributed by atoms with Crippen molar-refractivity contribution in [3.63, 3.8) is 0 Å². The zero-order valence-electron chi connectivity index (χ0n) is 6.76. The van der Waals surface area contributed by atoms with Crippen molar-refractivity contribution < 1.29 is 9.15 Å². The van der Waals surface area contributed by atoms with Gasteiger partial charge in [-0.2, -0.15) is 4.98 Å². The van der Waals surface area contributed by atoms with Gasteiger partial charge in [-0.05, 0) is 6.92 Å². The fraction of sp³-hybridized carbons (Fsp3) is 0.571. The molecule has 0 fully saturated rings. The van der Waals surface area contributed by atoms with Gasteiger partial charge in [0.15, 0.2) is 0 Å². The number of aromatic nitrogens is 1. The smallest absolute Gasteiger partial charge is 0.294 e. The quantitative estimate of drug-likeness (QED) is 0.662. The molecule has 1 aromatic rings. The number of oxazole rings is 1. The lowest BCUT2D eigenvalue weighted by molar-refractivity contribution is 0.210. The molecule has 1 heterocycles. The minimum Gasteiger partial charge on any atom is -0.432 e. The Morgan fingerprint density at radius 3 is 3.09 bits per heavy atom. The van der Waals surface area contributed by atoms with Crippen LogP contribution in [-0.4, -0.2) is 25.2 Å². The highest BCUT2D eigenvalue weighted by Crippen LogP contribution is 2.04. The van der Waals surface area contributed by atoms with E-state index in [4.69, 9.17) is 9.15 Å². The van der Waals surface area contributed by atoms with Gasteiger partial charge < -0.3 is 14.5 Å². The number of hydrogen-bond donors (Lipinski definition) is 1. The summed E-state index contributed by atoms with van der Waals surface area (Å²) in [5, 5.41) is 2.96. The Kier molecular flexibility index (Phi) is 2.92. The molecular formula is C7H12N2O2. The van der Waals surface area contributed by atoms with Crippen LogP contribution in [0.15, 0.2) is 10.7 Å². The number of nitrogens with one attached hydrogen (secondary N) is 1. The largest absolute Gasteiger partial charge is 0.432 e. The molecular weight excluding hydrogens is 144 g/mol. The molecule has 1 N–H and O–H groups in total. The summed E-state index contributed by atoms with van der Waals surface area (Å²) in [5.74, 6) is 0. The predicted octanol–water partition coefficient (Wildman–Crippen LogP) is 1.04. The first-order valence-electron chi connectivity index (χ1n) is 3.48. The first kappa shape index (κ1) is 8.07. The summed E-state index contributed by atoms with van der Waals surface area (Å²) in [5.41, 5.74) is 0.880. The lowest BCUT2D eigenvalue weighted by Gasteiger charge is -1.98. The van der Waals surface area contributed by atoms with Gasteiger partial charge in [-0.1, -0.05) is 0 Å². The molecule has 1 rings (SSSR count). The van der Waals surface area contributed by atoms with Crippen LogP contribution in [0, 0.1) is 6.92 Å². The molecule has 62 valence electrons. The molecule has 4 heteroatoms. The summed E-state index contributed by atoms with van der Waals surface area (Å²) >= 11 is 0. The highest BCUT2D eigenvalue weighted by Gasteiger charge is 1.96. The molecule has 0 spiro atoms. The molecule has 0 amide bonds. The van der Waals surface area contributed by atoms with Crippen molar-refractivity contribution in [2.75, 3.05) is 25.6 Å². The van der Waals surface area contributed by atoms with E-state index in [0.29, 0.717) is 12.6 Å². The number of anilines is 1. The highest BCUT2D eigenvalue weighted by atomic mass is 16.5. The fourth-order valence-corrected chi connectivity index (χ4v) is 0.695. The van der Waals surface area contributed by atoms with Crippen LogP contribution in [-0.2, 0) is 4.74 Å². The van der Waals surface area contributed by atoms with Crippen molar-refractivity contribution in [3.05, 3.63) is 12.0 Å². The van der Waals surface area contributed by atoms with Crippen LogP contribution in [0.5, 0.6) is 0 Å². The van der Waals surface area contributed by atoms with Gasteiger partial charge in [-0.15, -0.1) is 0 Å². The molecule has 0 bridgehead atoms. The van der Waals surface area contributed by atoms with Crippen molar-refractivity contribution in [1.82, 2.24) is 4.98 Å². The average molecular weight is 156 g/mol. The van der Waals surface area contributed by atoms with Crippen molar-refractivity contribution in [2.24, 2.45) is 0 Å². The second kappa shape index (κ2) is 3.98. The van der Waals surface area contributed by atoms with Gasteiger partial charge >= 0.3 is 0 Å². The molecule has 0 aliphatic rings. The van der Waals surface area contributed by atoms with E-state index < -0.39 is 0 Å². The molecule has 0 unspecified atom stereocenters. The first-order valence-corrected chi connectivity index (χ1v) is 3.48. The van der Waals surface area contributed by atoms with E-state index in [1.165, 1.54) is 0 Å². The third-order valence-corrected chi connectivity index (χ3v) is 1.20. The maximum Gasteiger partial charge on any atom is 0.294 e. The summed E-state index contributed by atoms with van der Waals surface area (Å²) < 4.78 is 9.87. The molecule has 0 aliphatic carbocycles. The van der Waals surface area contributed by atoms with E-state index >= 15 is 0 Å². The topological polar surface area (TPSA) is 47.3 Å². The first-order chi connectivity index (χ1) is 5.33. The number of rotatable bonds is 4. The zero-order chi connectivity index (χ0) is 8.10. The van der Waals surface area contributed by atoms with Crippen molar-refractivity contribution >= 4 is 6.01 Å². The van der Waals surface area contributed by atoms with Crippen LogP contribution in [0.3, 0.4) is 0 Å². The fourth-order valence-electron chi connectivity index (χ4n) is 0.695. The predicted molar refractivity (Wildman–Crippen MR) is 41.6 cm³/mol. The Balaban J connectivity index is 2.27. The molecule has 0 saturated carbocycles. The SMILES string of the molecule is COCCNc1nc(C)co1. The van der Waals surface area contributed by atoms with Crippen molar-refractivity contribution in [2.45, 2.75) is 6.92 Å². The van der Waals surface area contributed by atoms with Gasteiger partial charge in [-0.25, -0.2) is 0 Å². The van der Waals surface area contributed by atoms with Gasteiger partial charge in [0.2, 0.25) is 0 Å². The Hall–Kier alpha value is -1.03. The van der Waals surface area contributed by atoms with Crippen molar-refractivity contribution in [3.8, 4) is 0 Å². The summed E-state index contributed by atoms with van der Waals surface area (Å²) in [4.78, 5) is 4.05. The van der Waals surface area contributed by atoms with Gasteiger partial charge in [0.1, 0.15) is 6.26 Å². The molecule has 0 radical (unpaired) electrons. The van der Waals surface area contributed by atoms with Crippen LogP contribution < -0.4 is 5.32 Å². The average Bonchev–Trinajstić information content (AvgIpc) is 2.37. The number of ether oxygens (including phenoxy) is 1. The minimum absolute atomic E-state index is 0.555. The lowest BCUT2D eigenvalue weighted by atomic mass is 10.6. The van der Waals surface area contributed by atoms with Crippen LogP contribution in [0.25, 0.3) is 0 Å². The zero-order valence-corrected chi connectivity index (χ0v) is 6.76. The van der Waals surface area contributed by atoms with E-state index in [1.54, 1.807) is 13.4 Å². The van der Waals surface area contributed by atoms with Crippen LogP contribution >= 0.6 is 0 Å². The highest BCUT2D eigenvalue weighted by molar-refractivity contribution is 5.20. The Bertz CT molecular complexity index is 210. The molecule has 0 aliphatic heterocycles. The molecule has 0 aromatic carbocycles. The maximum absolute atomic E-state index is 5.03. The molecule has 1 aromatic heterocycles. The molecule has 0 saturated heterocycles. The molecule has 11 heavy (non-hydrogen) atoms. The molecule has 4 nitrogen and oxygen atoms in total. The summed E-state index contributed by atoms with van der Waals surface area (Å²) in [6.07, 6.45) is 1.61. The van der Waals surface area contributed by atoms with E-state index in [1.807, 2.05) is 6.92 Å². The number of nitrogens with zero attached hydrogens (tertiary/aromatic N) is 1. The summed E-state index contributed by atoms with van der Waals surface area (Å²) in [6.45, 7) is 3.25. The lowest BCUT2D eigenvalue weighted by Crippen LogP contribution is -2.07. The normalized spacial score (nSPS) is 10.0. The second-order valence-electron chi connectivity index (χ2n) is 2.21. The van der Waals surface area contributed by atoms with Crippen molar-refractivity contribution in [1.29, 1.82) is 0 Å². The third-order valence-electron chi connectivity index (χ3n) is 1.20. The molecule has 0 atom stereocenters. The van der Waals surface area contributed by atoms with Gasteiger partial charge in [-0.3, -0.25) is 0 Å². The van der Waals surface area contributed by atoms with E-state index in [-0.39, 0.29) is 0 Å². The summed E-state index contributed by atoms with van der Waals surface area (Å²) in [6, 6.07) is 0.555. The Morgan fingerprint density at radius 2 is 2.55 bits per heavy atom. The standard InChI is InChI=1S/C7H12N2O2/c1-6-5-11-7(9-6)8-3-4-10-2/h5H,3-4H2,1-2H3,(H,8,9). The minimum atomic E-state index is 0.555. The van der Waals surface area contributed by atoms with Crippen LogP contribution in [0.1, 0.15) is 5.69 Å². The maximum atomic E-state index is 5.03. The number of hydrogen-bond acceptors (Lipinski definition) is 4. The monoisotopic (exact) mass is 156 g/mol. The van der Waals surface area contributed by atoms with E-state index in [2.05, 4.69) is 10.3 Å². The van der Waals surface area contributed by atoms with E-state index in [9.17, 15) is 0 Å².